The van der Waals surface area contributed by atoms with Gasteiger partial charge < -0.3 is 28.4 Å². The fraction of sp³-hybridized carbons (Fsp3) is 0.240. The van der Waals surface area contributed by atoms with Crippen LogP contribution in [0.3, 0.4) is 0 Å². The molecule has 0 unspecified atom stereocenters. The van der Waals surface area contributed by atoms with E-state index in [0.717, 1.165) is 20.9 Å². The average molecular weight is 471 g/mol. The Labute approximate surface area is 197 Å². The Morgan fingerprint density at radius 3 is 2.00 bits per heavy atom. The SMILES string of the molecule is COc1ccc(/C=C\c2cc(OC)c(OC)c(OC)c2)cc1OC(=O)OCc1ccc(C)s1. The Balaban J connectivity index is 1.76. The van der Waals surface area contributed by atoms with Gasteiger partial charge in [0, 0.05) is 9.75 Å². The van der Waals surface area contributed by atoms with Crippen LogP contribution in [-0.4, -0.2) is 34.6 Å². The predicted molar refractivity (Wildman–Crippen MR) is 128 cm³/mol. The van der Waals surface area contributed by atoms with Crippen LogP contribution in [0.15, 0.2) is 42.5 Å². The molecule has 8 heteroatoms. The van der Waals surface area contributed by atoms with Gasteiger partial charge in [0.2, 0.25) is 5.75 Å². The van der Waals surface area contributed by atoms with E-state index in [1.165, 1.54) is 7.11 Å². The molecule has 3 aromatic rings. The monoisotopic (exact) mass is 470 g/mol. The molecule has 33 heavy (non-hydrogen) atoms. The molecule has 0 amide bonds. The van der Waals surface area contributed by atoms with Crippen molar-refractivity contribution >= 4 is 29.6 Å². The number of carbonyl (C=O) groups excluding carboxylic acids is 1. The predicted octanol–water partition coefficient (Wildman–Crippen LogP) is 5.98. The molecule has 1 heterocycles. The summed E-state index contributed by atoms with van der Waals surface area (Å²) in [6.45, 7) is 2.15. The van der Waals surface area contributed by atoms with Crippen LogP contribution in [0, 0.1) is 6.92 Å². The zero-order valence-corrected chi connectivity index (χ0v) is 20.0. The second-order valence-electron chi connectivity index (χ2n) is 6.86. The summed E-state index contributed by atoms with van der Waals surface area (Å²) >= 11 is 1.57. The number of methoxy groups -OCH3 is 4. The van der Waals surface area contributed by atoms with Gasteiger partial charge in [-0.05, 0) is 54.4 Å². The Kier molecular flexibility index (Phi) is 8.21. The summed E-state index contributed by atoms with van der Waals surface area (Å²) < 4.78 is 32.1. The molecule has 0 aliphatic heterocycles. The Hall–Kier alpha value is -3.65. The lowest BCUT2D eigenvalue weighted by Crippen LogP contribution is -2.10. The maximum atomic E-state index is 12.2. The van der Waals surface area contributed by atoms with E-state index in [-0.39, 0.29) is 12.4 Å². The summed E-state index contributed by atoms with van der Waals surface area (Å²) in [6.07, 6.45) is 2.95. The first-order chi connectivity index (χ1) is 16.0. The van der Waals surface area contributed by atoms with E-state index in [1.807, 2.05) is 49.4 Å². The Bertz CT molecular complexity index is 1110. The van der Waals surface area contributed by atoms with Crippen molar-refractivity contribution in [3.05, 3.63) is 63.3 Å². The van der Waals surface area contributed by atoms with Crippen LogP contribution in [0.25, 0.3) is 12.2 Å². The van der Waals surface area contributed by atoms with Gasteiger partial charge in [0.1, 0.15) is 6.61 Å². The quantitative estimate of drug-likeness (QED) is 0.216. The molecule has 0 bridgehead atoms. The molecule has 1 aromatic heterocycles. The van der Waals surface area contributed by atoms with Crippen LogP contribution in [0.2, 0.25) is 0 Å². The van der Waals surface area contributed by atoms with E-state index >= 15 is 0 Å². The lowest BCUT2D eigenvalue weighted by Gasteiger charge is -2.13. The minimum absolute atomic E-state index is 0.153. The first-order valence-corrected chi connectivity index (χ1v) is 10.8. The van der Waals surface area contributed by atoms with Gasteiger partial charge in [-0.15, -0.1) is 11.3 Å². The van der Waals surface area contributed by atoms with Crippen LogP contribution in [0.1, 0.15) is 20.9 Å². The summed E-state index contributed by atoms with van der Waals surface area (Å²) in [5.41, 5.74) is 1.63. The molecule has 0 aliphatic rings. The zero-order chi connectivity index (χ0) is 23.8. The molecule has 0 N–H and O–H groups in total. The molecule has 0 spiro atoms. The number of carbonyl (C=O) groups is 1. The summed E-state index contributed by atoms with van der Waals surface area (Å²) in [5.74, 6) is 2.31. The highest BCUT2D eigenvalue weighted by molar-refractivity contribution is 7.11. The topological polar surface area (TPSA) is 72.5 Å². The highest BCUT2D eigenvalue weighted by Crippen LogP contribution is 2.38. The van der Waals surface area contributed by atoms with Crippen LogP contribution in [0.4, 0.5) is 4.79 Å². The normalized spacial score (nSPS) is 10.7. The van der Waals surface area contributed by atoms with Gasteiger partial charge in [0.25, 0.3) is 0 Å². The lowest BCUT2D eigenvalue weighted by molar-refractivity contribution is 0.0926. The summed E-state index contributed by atoms with van der Waals surface area (Å²) in [6, 6.07) is 12.8. The number of thiophene rings is 1. The lowest BCUT2D eigenvalue weighted by atomic mass is 10.1. The molecule has 0 saturated carbocycles. The van der Waals surface area contributed by atoms with Crippen molar-refractivity contribution < 1.29 is 33.2 Å². The van der Waals surface area contributed by atoms with Crippen LogP contribution < -0.4 is 23.7 Å². The van der Waals surface area contributed by atoms with Crippen molar-refractivity contribution in [3.63, 3.8) is 0 Å². The van der Waals surface area contributed by atoms with Crippen LogP contribution >= 0.6 is 11.3 Å². The molecule has 0 radical (unpaired) electrons. The van der Waals surface area contributed by atoms with Gasteiger partial charge in [-0.3, -0.25) is 0 Å². The first kappa shape index (κ1) is 24.0. The van der Waals surface area contributed by atoms with E-state index in [9.17, 15) is 4.79 Å². The van der Waals surface area contributed by atoms with Crippen molar-refractivity contribution in [2.45, 2.75) is 13.5 Å². The third-order valence-corrected chi connectivity index (χ3v) is 5.64. The first-order valence-electron chi connectivity index (χ1n) is 10.0. The minimum Gasteiger partial charge on any atom is -0.493 e. The highest BCUT2D eigenvalue weighted by Gasteiger charge is 2.14. The summed E-state index contributed by atoms with van der Waals surface area (Å²) in [4.78, 5) is 14.3. The van der Waals surface area contributed by atoms with Crippen LogP contribution in [0.5, 0.6) is 28.7 Å². The number of hydrogen-bond acceptors (Lipinski definition) is 8. The molecule has 174 valence electrons. The van der Waals surface area contributed by atoms with Crippen molar-refractivity contribution in [1.82, 2.24) is 0 Å². The summed E-state index contributed by atoms with van der Waals surface area (Å²) in [5, 5.41) is 0. The number of aryl methyl sites for hydroxylation is 1. The second-order valence-corrected chi connectivity index (χ2v) is 8.23. The number of rotatable bonds is 9. The smallest absolute Gasteiger partial charge is 0.493 e. The molecule has 7 nitrogen and oxygen atoms in total. The van der Waals surface area contributed by atoms with E-state index in [0.29, 0.717) is 23.0 Å². The van der Waals surface area contributed by atoms with Gasteiger partial charge in [0.05, 0.1) is 28.4 Å². The highest BCUT2D eigenvalue weighted by atomic mass is 32.1. The fourth-order valence-electron chi connectivity index (χ4n) is 3.08. The van der Waals surface area contributed by atoms with Gasteiger partial charge in [-0.1, -0.05) is 18.2 Å². The van der Waals surface area contributed by atoms with E-state index < -0.39 is 6.16 Å². The molecular formula is C25H26O7S. The second kappa shape index (κ2) is 11.3. The molecule has 0 fully saturated rings. The molecule has 0 atom stereocenters. The van der Waals surface area contributed by atoms with Crippen LogP contribution in [-0.2, 0) is 11.3 Å². The third-order valence-electron chi connectivity index (χ3n) is 4.66. The van der Waals surface area contributed by atoms with Crippen molar-refractivity contribution in [2.75, 3.05) is 28.4 Å². The van der Waals surface area contributed by atoms with Gasteiger partial charge in [0.15, 0.2) is 23.0 Å². The number of ether oxygens (including phenoxy) is 6. The fourth-order valence-corrected chi connectivity index (χ4v) is 3.88. The zero-order valence-electron chi connectivity index (χ0n) is 19.2. The minimum atomic E-state index is -0.801. The Morgan fingerprint density at radius 1 is 0.788 bits per heavy atom. The molecule has 3 rings (SSSR count). The number of benzene rings is 2. The van der Waals surface area contributed by atoms with Gasteiger partial charge >= 0.3 is 6.16 Å². The summed E-state index contributed by atoms with van der Waals surface area (Å²) in [7, 11) is 6.20. The largest absolute Gasteiger partial charge is 0.514 e. The maximum Gasteiger partial charge on any atom is 0.514 e. The third kappa shape index (κ3) is 6.20. The van der Waals surface area contributed by atoms with E-state index in [1.54, 1.807) is 44.8 Å². The van der Waals surface area contributed by atoms with Gasteiger partial charge in [-0.2, -0.15) is 0 Å². The maximum absolute atomic E-state index is 12.2. The van der Waals surface area contributed by atoms with Crippen molar-refractivity contribution in [1.29, 1.82) is 0 Å². The van der Waals surface area contributed by atoms with Gasteiger partial charge in [-0.25, -0.2) is 4.79 Å². The Morgan fingerprint density at radius 2 is 1.42 bits per heavy atom. The standard InChI is InChI=1S/C25H26O7S/c1-16-6-10-19(33-16)15-31-25(26)32-21-12-17(9-11-20(21)27-2)7-8-18-13-22(28-3)24(30-5)23(14-18)29-4/h6-14H,15H2,1-5H3/b8-7-. The average Bonchev–Trinajstić information content (AvgIpc) is 3.25. The van der Waals surface area contributed by atoms with Crippen molar-refractivity contribution in [2.24, 2.45) is 0 Å². The molecular weight excluding hydrogens is 444 g/mol. The molecule has 0 saturated heterocycles. The molecule has 0 aliphatic carbocycles. The van der Waals surface area contributed by atoms with E-state index in [4.69, 9.17) is 28.4 Å². The number of hydrogen-bond donors (Lipinski definition) is 0. The van der Waals surface area contributed by atoms with Crippen molar-refractivity contribution in [3.8, 4) is 28.7 Å². The van der Waals surface area contributed by atoms with E-state index in [2.05, 4.69) is 0 Å². The molecule has 2 aromatic carbocycles.